The zero-order valence-electron chi connectivity index (χ0n) is 17.0. The molecule has 0 atom stereocenters. The number of anilines is 1. The molecule has 0 saturated heterocycles. The van der Waals surface area contributed by atoms with Crippen molar-refractivity contribution in [1.82, 2.24) is 4.98 Å². The number of rotatable bonds is 5. The Kier molecular flexibility index (Phi) is 5.46. The monoisotopic (exact) mass is 420 g/mol. The van der Waals surface area contributed by atoms with E-state index in [4.69, 9.17) is 20.8 Å². The van der Waals surface area contributed by atoms with Crippen LogP contribution >= 0.6 is 11.6 Å². The second-order valence-electron chi connectivity index (χ2n) is 7.22. The topological polar surface area (TPSA) is 64.4 Å². The van der Waals surface area contributed by atoms with Gasteiger partial charge in [-0.25, -0.2) is 4.98 Å². The van der Waals surface area contributed by atoms with Crippen molar-refractivity contribution < 1.29 is 13.9 Å². The average molecular weight is 421 g/mol. The van der Waals surface area contributed by atoms with Gasteiger partial charge in [-0.15, -0.1) is 0 Å². The number of fused-ring (bicyclic) bond motifs is 1. The first-order valence-electron chi connectivity index (χ1n) is 9.57. The lowest BCUT2D eigenvalue weighted by atomic mass is 10.1. The standard InChI is InChI=1S/C24H21ClN2O3/c1-14-6-4-5-7-21(14)29-13-23(28)26-17-8-9-19(25)18(12-17)24-27-20-10-15(2)16(3)11-22(20)30-24/h4-12H,13H2,1-3H3,(H,26,28). The summed E-state index contributed by atoms with van der Waals surface area (Å²) in [5, 5.41) is 3.32. The van der Waals surface area contributed by atoms with Gasteiger partial charge in [0.25, 0.3) is 5.91 Å². The van der Waals surface area contributed by atoms with Crippen molar-refractivity contribution in [2.24, 2.45) is 0 Å². The summed E-state index contributed by atoms with van der Waals surface area (Å²) in [6.07, 6.45) is 0. The van der Waals surface area contributed by atoms with Gasteiger partial charge in [-0.05, 0) is 73.9 Å². The number of carbonyl (C=O) groups excluding carboxylic acids is 1. The van der Waals surface area contributed by atoms with Crippen LogP contribution in [0.3, 0.4) is 0 Å². The summed E-state index contributed by atoms with van der Waals surface area (Å²) in [5.41, 5.74) is 5.91. The highest BCUT2D eigenvalue weighted by Gasteiger charge is 2.14. The number of aromatic nitrogens is 1. The first-order valence-corrected chi connectivity index (χ1v) is 9.94. The molecule has 1 amide bonds. The minimum Gasteiger partial charge on any atom is -0.483 e. The maximum atomic E-state index is 12.3. The van der Waals surface area contributed by atoms with E-state index in [1.54, 1.807) is 18.2 Å². The molecule has 1 N–H and O–H groups in total. The molecule has 1 aromatic heterocycles. The number of halogens is 1. The lowest BCUT2D eigenvalue weighted by Gasteiger charge is -2.10. The van der Waals surface area contributed by atoms with E-state index in [0.717, 1.165) is 22.2 Å². The second kappa shape index (κ2) is 8.20. The lowest BCUT2D eigenvalue weighted by molar-refractivity contribution is -0.118. The van der Waals surface area contributed by atoms with Crippen molar-refractivity contribution in [3.63, 3.8) is 0 Å². The highest BCUT2D eigenvalue weighted by molar-refractivity contribution is 6.33. The Bertz CT molecular complexity index is 1210. The summed E-state index contributed by atoms with van der Waals surface area (Å²) >= 11 is 6.38. The number of benzene rings is 3. The minimum absolute atomic E-state index is 0.0930. The van der Waals surface area contributed by atoms with E-state index in [1.807, 2.05) is 57.2 Å². The fourth-order valence-corrected chi connectivity index (χ4v) is 3.32. The van der Waals surface area contributed by atoms with Crippen LogP contribution in [0.4, 0.5) is 5.69 Å². The van der Waals surface area contributed by atoms with Crippen LogP contribution in [0, 0.1) is 20.8 Å². The molecular weight excluding hydrogens is 400 g/mol. The van der Waals surface area contributed by atoms with Crippen molar-refractivity contribution in [2.45, 2.75) is 20.8 Å². The van der Waals surface area contributed by atoms with Crippen molar-refractivity contribution in [3.05, 3.63) is 76.3 Å². The molecule has 0 aliphatic heterocycles. The highest BCUT2D eigenvalue weighted by atomic mass is 35.5. The first-order chi connectivity index (χ1) is 14.4. The molecule has 152 valence electrons. The Morgan fingerprint density at radius 3 is 2.60 bits per heavy atom. The summed E-state index contributed by atoms with van der Waals surface area (Å²) in [6.45, 7) is 5.90. The van der Waals surface area contributed by atoms with E-state index in [9.17, 15) is 4.79 Å². The minimum atomic E-state index is -0.268. The zero-order valence-corrected chi connectivity index (χ0v) is 17.7. The Morgan fingerprint density at radius 2 is 1.80 bits per heavy atom. The van der Waals surface area contributed by atoms with Crippen LogP contribution in [-0.4, -0.2) is 17.5 Å². The van der Waals surface area contributed by atoms with Crippen molar-refractivity contribution in [2.75, 3.05) is 11.9 Å². The van der Waals surface area contributed by atoms with E-state index < -0.39 is 0 Å². The third-order valence-corrected chi connectivity index (χ3v) is 5.27. The molecule has 30 heavy (non-hydrogen) atoms. The normalized spacial score (nSPS) is 10.9. The molecule has 0 bridgehead atoms. The number of hydrogen-bond acceptors (Lipinski definition) is 4. The number of aryl methyl sites for hydroxylation is 3. The number of nitrogens with zero attached hydrogens (tertiary/aromatic N) is 1. The number of nitrogens with one attached hydrogen (secondary N) is 1. The average Bonchev–Trinajstić information content (AvgIpc) is 3.11. The smallest absolute Gasteiger partial charge is 0.262 e. The van der Waals surface area contributed by atoms with Gasteiger partial charge in [-0.2, -0.15) is 0 Å². The molecule has 0 unspecified atom stereocenters. The molecule has 0 aliphatic rings. The van der Waals surface area contributed by atoms with Crippen LogP contribution in [0.5, 0.6) is 5.75 Å². The summed E-state index contributed by atoms with van der Waals surface area (Å²) in [5.74, 6) is 0.823. The van der Waals surface area contributed by atoms with Crippen molar-refractivity contribution in [3.8, 4) is 17.2 Å². The number of carbonyl (C=O) groups is 1. The Labute approximate surface area is 179 Å². The molecule has 0 aliphatic carbocycles. The zero-order chi connectivity index (χ0) is 21.3. The fraction of sp³-hybridized carbons (Fsp3) is 0.167. The maximum Gasteiger partial charge on any atom is 0.262 e. The molecule has 1 heterocycles. The van der Waals surface area contributed by atoms with E-state index in [2.05, 4.69) is 10.3 Å². The van der Waals surface area contributed by atoms with Crippen LogP contribution in [-0.2, 0) is 4.79 Å². The van der Waals surface area contributed by atoms with Crippen LogP contribution in [0.15, 0.2) is 59.0 Å². The summed E-state index contributed by atoms with van der Waals surface area (Å²) in [4.78, 5) is 16.9. The molecule has 0 fully saturated rings. The number of hydrogen-bond donors (Lipinski definition) is 1. The molecular formula is C24H21ClN2O3. The molecule has 6 heteroatoms. The predicted octanol–water partition coefficient (Wildman–Crippen LogP) is 6.09. The number of para-hydroxylation sites is 1. The van der Waals surface area contributed by atoms with Gasteiger partial charge in [0.15, 0.2) is 12.2 Å². The van der Waals surface area contributed by atoms with Crippen LogP contribution in [0.25, 0.3) is 22.6 Å². The van der Waals surface area contributed by atoms with Crippen LogP contribution < -0.4 is 10.1 Å². The Balaban J connectivity index is 1.53. The van der Waals surface area contributed by atoms with Gasteiger partial charge in [-0.1, -0.05) is 29.8 Å². The van der Waals surface area contributed by atoms with Gasteiger partial charge in [0, 0.05) is 5.69 Å². The van der Waals surface area contributed by atoms with Crippen LogP contribution in [0.1, 0.15) is 16.7 Å². The van der Waals surface area contributed by atoms with Gasteiger partial charge >= 0.3 is 0 Å². The first kappa shape index (κ1) is 20.0. The predicted molar refractivity (Wildman–Crippen MR) is 119 cm³/mol. The van der Waals surface area contributed by atoms with Gasteiger partial charge in [0.2, 0.25) is 5.89 Å². The van der Waals surface area contributed by atoms with Crippen molar-refractivity contribution >= 4 is 34.3 Å². The largest absolute Gasteiger partial charge is 0.483 e. The second-order valence-corrected chi connectivity index (χ2v) is 7.63. The number of ether oxygens (including phenoxy) is 1. The van der Waals surface area contributed by atoms with Gasteiger partial charge in [-0.3, -0.25) is 4.79 Å². The molecule has 0 spiro atoms. The van der Waals surface area contributed by atoms with Gasteiger partial charge < -0.3 is 14.5 Å². The SMILES string of the molecule is Cc1cc2nc(-c3cc(NC(=O)COc4ccccc4C)ccc3Cl)oc2cc1C. The quantitative estimate of drug-likeness (QED) is 0.424. The Hall–Kier alpha value is -3.31. The number of amides is 1. The molecule has 3 aromatic carbocycles. The molecule has 4 rings (SSSR count). The molecule has 0 saturated carbocycles. The lowest BCUT2D eigenvalue weighted by Crippen LogP contribution is -2.20. The summed E-state index contributed by atoms with van der Waals surface area (Å²) in [6, 6.07) is 16.7. The number of oxazole rings is 1. The van der Waals surface area contributed by atoms with E-state index >= 15 is 0 Å². The fourth-order valence-electron chi connectivity index (χ4n) is 3.12. The third kappa shape index (κ3) is 4.16. The van der Waals surface area contributed by atoms with Gasteiger partial charge in [0.05, 0.1) is 10.6 Å². The molecule has 0 radical (unpaired) electrons. The maximum absolute atomic E-state index is 12.3. The highest BCUT2D eigenvalue weighted by Crippen LogP contribution is 2.33. The van der Waals surface area contributed by atoms with E-state index in [1.165, 1.54) is 0 Å². The van der Waals surface area contributed by atoms with Crippen molar-refractivity contribution in [1.29, 1.82) is 0 Å². The van der Waals surface area contributed by atoms with Crippen LogP contribution in [0.2, 0.25) is 5.02 Å². The summed E-state index contributed by atoms with van der Waals surface area (Å²) < 4.78 is 11.5. The molecule has 5 nitrogen and oxygen atoms in total. The van der Waals surface area contributed by atoms with Gasteiger partial charge in [0.1, 0.15) is 11.3 Å². The van der Waals surface area contributed by atoms with E-state index in [-0.39, 0.29) is 12.5 Å². The molecule has 4 aromatic rings. The summed E-state index contributed by atoms with van der Waals surface area (Å²) in [7, 11) is 0. The Morgan fingerprint density at radius 1 is 1.03 bits per heavy atom. The van der Waals surface area contributed by atoms with E-state index in [0.29, 0.717) is 33.5 Å². The third-order valence-electron chi connectivity index (χ3n) is 4.94.